The molecule has 1 saturated carbocycles. The molecule has 1 aliphatic rings. The van der Waals surface area contributed by atoms with Gasteiger partial charge in [-0.2, -0.15) is 0 Å². The third kappa shape index (κ3) is 4.29. The first-order chi connectivity index (χ1) is 10.4. The second kappa shape index (κ2) is 7.55. The van der Waals surface area contributed by atoms with Crippen molar-refractivity contribution >= 4 is 17.2 Å². The molecule has 0 saturated heterocycles. The number of hydrogen-bond donors (Lipinski definition) is 4. The minimum absolute atomic E-state index is 0.123. The minimum atomic E-state index is -1.09. The van der Waals surface area contributed by atoms with Gasteiger partial charge >= 0.3 is 0 Å². The molecule has 1 aliphatic carbocycles. The summed E-state index contributed by atoms with van der Waals surface area (Å²) in [5.41, 5.74) is 10.5. The third-order valence-corrected chi connectivity index (χ3v) is 5.60. The van der Waals surface area contributed by atoms with Crippen molar-refractivity contribution in [3.63, 3.8) is 0 Å². The Kier molecular flexibility index (Phi) is 5.97. The second-order valence-corrected chi connectivity index (χ2v) is 7.40. The van der Waals surface area contributed by atoms with Gasteiger partial charge < -0.3 is 21.7 Å². The van der Waals surface area contributed by atoms with E-state index in [9.17, 15) is 15.0 Å². The Balaban J connectivity index is 1.99. The Morgan fingerprint density at radius 3 is 2.59 bits per heavy atom. The van der Waals surface area contributed by atoms with Gasteiger partial charge in [-0.25, -0.2) is 0 Å². The summed E-state index contributed by atoms with van der Waals surface area (Å²) in [6, 6.07) is 3.45. The standard InChI is InChI=1S/C16H26N2O3S/c17-13(9-11-5-4-8-22-11)14(19)10-12(15(18)20)16(21)6-2-1-3-7-16/h4-5,8,12-14,19,21H,1-3,6-7,9-10,17H2,(H2,18,20)/t12-,13-,14-/m0/s1. The predicted octanol–water partition coefficient (Wildman–Crippen LogP) is 1.17. The zero-order valence-electron chi connectivity index (χ0n) is 12.8. The van der Waals surface area contributed by atoms with Crippen molar-refractivity contribution in [1.29, 1.82) is 0 Å². The Morgan fingerprint density at radius 2 is 2.05 bits per heavy atom. The number of aliphatic hydroxyl groups excluding tert-OH is 1. The molecule has 0 spiro atoms. The number of hydrogen-bond acceptors (Lipinski definition) is 5. The lowest BCUT2D eigenvalue weighted by Gasteiger charge is -2.39. The summed E-state index contributed by atoms with van der Waals surface area (Å²) in [4.78, 5) is 12.9. The molecule has 1 heterocycles. The van der Waals surface area contributed by atoms with Crippen molar-refractivity contribution in [2.75, 3.05) is 0 Å². The van der Waals surface area contributed by atoms with Gasteiger partial charge in [0.15, 0.2) is 0 Å². The SMILES string of the molecule is NC(=O)[C@H](C[C@H](O)[C@@H](N)Cc1cccs1)C1(O)CCCCC1. The molecule has 1 amide bonds. The van der Waals surface area contributed by atoms with Gasteiger partial charge in [0.2, 0.25) is 5.91 Å². The summed E-state index contributed by atoms with van der Waals surface area (Å²) in [6.07, 6.45) is 3.79. The van der Waals surface area contributed by atoms with Gasteiger partial charge in [0.25, 0.3) is 0 Å². The highest BCUT2D eigenvalue weighted by molar-refractivity contribution is 7.09. The van der Waals surface area contributed by atoms with Crippen LogP contribution in [0.25, 0.3) is 0 Å². The van der Waals surface area contributed by atoms with Gasteiger partial charge in [-0.3, -0.25) is 4.79 Å². The average Bonchev–Trinajstić information content (AvgIpc) is 2.97. The fraction of sp³-hybridized carbons (Fsp3) is 0.688. The number of amides is 1. The van der Waals surface area contributed by atoms with Crippen LogP contribution < -0.4 is 11.5 Å². The van der Waals surface area contributed by atoms with E-state index < -0.39 is 29.6 Å². The Morgan fingerprint density at radius 1 is 1.36 bits per heavy atom. The average molecular weight is 326 g/mol. The summed E-state index contributed by atoms with van der Waals surface area (Å²) in [5, 5.41) is 23.0. The summed E-state index contributed by atoms with van der Waals surface area (Å²) >= 11 is 1.59. The van der Waals surface area contributed by atoms with Crippen LogP contribution in [0.5, 0.6) is 0 Å². The lowest BCUT2D eigenvalue weighted by atomic mass is 9.72. The van der Waals surface area contributed by atoms with E-state index in [2.05, 4.69) is 0 Å². The van der Waals surface area contributed by atoms with Crippen LogP contribution in [-0.4, -0.2) is 33.9 Å². The molecule has 1 aromatic heterocycles. The van der Waals surface area contributed by atoms with Crippen LogP contribution in [-0.2, 0) is 11.2 Å². The Hall–Kier alpha value is -0.950. The molecule has 5 nitrogen and oxygen atoms in total. The number of thiophene rings is 1. The molecule has 1 aromatic rings. The van der Waals surface area contributed by atoms with Crippen LogP contribution >= 0.6 is 11.3 Å². The van der Waals surface area contributed by atoms with Crippen molar-refractivity contribution < 1.29 is 15.0 Å². The van der Waals surface area contributed by atoms with Crippen molar-refractivity contribution in [3.05, 3.63) is 22.4 Å². The molecule has 0 radical (unpaired) electrons. The van der Waals surface area contributed by atoms with Gasteiger partial charge in [0.1, 0.15) is 0 Å². The Labute approximate surface area is 135 Å². The Bertz CT molecular complexity index is 472. The van der Waals surface area contributed by atoms with E-state index in [0.29, 0.717) is 19.3 Å². The van der Waals surface area contributed by atoms with Gasteiger partial charge in [-0.05, 0) is 37.1 Å². The lowest BCUT2D eigenvalue weighted by molar-refractivity contribution is -0.137. The van der Waals surface area contributed by atoms with E-state index in [1.807, 2.05) is 17.5 Å². The van der Waals surface area contributed by atoms with Gasteiger partial charge in [0, 0.05) is 10.9 Å². The topological polar surface area (TPSA) is 110 Å². The molecular weight excluding hydrogens is 300 g/mol. The number of aliphatic hydroxyl groups is 2. The van der Waals surface area contributed by atoms with E-state index in [1.54, 1.807) is 11.3 Å². The molecule has 0 unspecified atom stereocenters. The molecule has 0 aromatic carbocycles. The molecule has 22 heavy (non-hydrogen) atoms. The normalized spacial score (nSPS) is 22.0. The monoisotopic (exact) mass is 326 g/mol. The molecule has 1 fully saturated rings. The predicted molar refractivity (Wildman–Crippen MR) is 87.3 cm³/mol. The van der Waals surface area contributed by atoms with E-state index in [1.165, 1.54) is 0 Å². The molecule has 0 aliphatic heterocycles. The molecule has 6 N–H and O–H groups in total. The van der Waals surface area contributed by atoms with Crippen LogP contribution in [0.3, 0.4) is 0 Å². The maximum atomic E-state index is 11.8. The first kappa shape index (κ1) is 17.4. The van der Waals surface area contributed by atoms with Crippen molar-refractivity contribution in [3.8, 4) is 0 Å². The first-order valence-corrected chi connectivity index (χ1v) is 8.78. The van der Waals surface area contributed by atoms with Crippen LogP contribution in [0.15, 0.2) is 17.5 Å². The molecule has 124 valence electrons. The summed E-state index contributed by atoms with van der Waals surface area (Å²) in [6.45, 7) is 0. The number of carbonyl (C=O) groups excluding carboxylic acids is 1. The van der Waals surface area contributed by atoms with Crippen LogP contribution in [0.2, 0.25) is 0 Å². The summed E-state index contributed by atoms with van der Waals surface area (Å²) < 4.78 is 0. The van der Waals surface area contributed by atoms with Gasteiger partial charge in [0.05, 0.1) is 17.6 Å². The van der Waals surface area contributed by atoms with Gasteiger partial charge in [-0.15, -0.1) is 11.3 Å². The number of primary amides is 1. The highest BCUT2D eigenvalue weighted by Gasteiger charge is 2.42. The molecule has 0 bridgehead atoms. The van der Waals surface area contributed by atoms with E-state index in [-0.39, 0.29) is 6.42 Å². The minimum Gasteiger partial charge on any atom is -0.391 e. The van der Waals surface area contributed by atoms with Crippen molar-refractivity contribution in [1.82, 2.24) is 0 Å². The first-order valence-electron chi connectivity index (χ1n) is 7.90. The summed E-state index contributed by atoms with van der Waals surface area (Å²) in [5.74, 6) is -1.29. The van der Waals surface area contributed by atoms with Gasteiger partial charge in [-0.1, -0.05) is 25.3 Å². The quantitative estimate of drug-likeness (QED) is 0.603. The van der Waals surface area contributed by atoms with E-state index in [4.69, 9.17) is 11.5 Å². The third-order valence-electron chi connectivity index (χ3n) is 4.70. The van der Waals surface area contributed by atoms with Crippen molar-refractivity contribution in [2.45, 2.75) is 62.7 Å². The fourth-order valence-corrected chi connectivity index (χ4v) is 4.10. The smallest absolute Gasteiger partial charge is 0.223 e. The largest absolute Gasteiger partial charge is 0.391 e. The van der Waals surface area contributed by atoms with Crippen LogP contribution in [0.1, 0.15) is 43.4 Å². The van der Waals surface area contributed by atoms with Crippen LogP contribution in [0.4, 0.5) is 0 Å². The fourth-order valence-electron chi connectivity index (χ4n) is 3.33. The molecule has 6 heteroatoms. The molecular formula is C16H26N2O3S. The lowest BCUT2D eigenvalue weighted by Crippen LogP contribution is -2.50. The van der Waals surface area contributed by atoms with E-state index in [0.717, 1.165) is 24.1 Å². The number of carbonyl (C=O) groups is 1. The molecule has 2 rings (SSSR count). The number of nitrogens with two attached hydrogens (primary N) is 2. The summed E-state index contributed by atoms with van der Waals surface area (Å²) in [7, 11) is 0. The maximum Gasteiger partial charge on any atom is 0.223 e. The van der Waals surface area contributed by atoms with E-state index >= 15 is 0 Å². The highest BCUT2D eigenvalue weighted by Crippen LogP contribution is 2.36. The highest BCUT2D eigenvalue weighted by atomic mass is 32.1. The zero-order chi connectivity index (χ0) is 16.2. The number of rotatable bonds is 7. The zero-order valence-corrected chi connectivity index (χ0v) is 13.6. The second-order valence-electron chi connectivity index (χ2n) is 6.37. The maximum absolute atomic E-state index is 11.8. The van der Waals surface area contributed by atoms with Crippen LogP contribution in [0, 0.1) is 5.92 Å². The molecule has 3 atom stereocenters. The van der Waals surface area contributed by atoms with Crippen molar-refractivity contribution in [2.24, 2.45) is 17.4 Å².